The van der Waals surface area contributed by atoms with Gasteiger partial charge in [-0.25, -0.2) is 4.98 Å². The molecule has 1 heterocycles. The molecule has 0 saturated carbocycles. The molecular formula is C11H7K2NO4S2. The second-order valence-electron chi connectivity index (χ2n) is 3.45. The minimum Gasteiger partial charge on any atom is -0.550 e. The third-order valence-electron chi connectivity index (χ3n) is 2.13. The van der Waals surface area contributed by atoms with Crippen molar-refractivity contribution in [1.29, 1.82) is 0 Å². The summed E-state index contributed by atoms with van der Waals surface area (Å²) >= 11 is 2.19. The molecule has 1 aromatic carbocycles. The number of carbonyl (C=O) groups is 2. The largest absolute Gasteiger partial charge is 1.00 e. The van der Waals surface area contributed by atoms with Gasteiger partial charge in [-0.2, -0.15) is 0 Å². The number of carboxylic acid groups (broad SMARTS) is 2. The quantitative estimate of drug-likeness (QED) is 0.389. The number of aliphatic carboxylic acids is 2. The van der Waals surface area contributed by atoms with Gasteiger partial charge in [0.25, 0.3) is 0 Å². The van der Waals surface area contributed by atoms with Crippen molar-refractivity contribution in [2.75, 3.05) is 0 Å². The first-order valence-electron chi connectivity index (χ1n) is 4.99. The minimum atomic E-state index is -1.43. The van der Waals surface area contributed by atoms with E-state index in [9.17, 15) is 19.8 Å². The van der Waals surface area contributed by atoms with Gasteiger partial charge in [-0.3, -0.25) is 0 Å². The van der Waals surface area contributed by atoms with E-state index < -0.39 is 23.6 Å². The summed E-state index contributed by atoms with van der Waals surface area (Å²) in [7, 11) is 0. The van der Waals surface area contributed by atoms with E-state index >= 15 is 0 Å². The van der Waals surface area contributed by atoms with Crippen LogP contribution in [-0.2, 0) is 9.59 Å². The van der Waals surface area contributed by atoms with Crippen molar-refractivity contribution in [3.05, 3.63) is 24.3 Å². The number of thiazole rings is 1. The molecule has 0 N–H and O–H groups in total. The van der Waals surface area contributed by atoms with E-state index in [1.807, 2.05) is 24.3 Å². The number of aromatic nitrogens is 1. The summed E-state index contributed by atoms with van der Waals surface area (Å²) in [6.45, 7) is 0. The van der Waals surface area contributed by atoms with Crippen molar-refractivity contribution < 1.29 is 123 Å². The molecule has 0 amide bonds. The van der Waals surface area contributed by atoms with Crippen LogP contribution in [-0.4, -0.2) is 22.2 Å². The first kappa shape index (κ1) is 21.7. The summed E-state index contributed by atoms with van der Waals surface area (Å²) in [5.41, 5.74) is 0.760. The zero-order chi connectivity index (χ0) is 13.1. The maximum absolute atomic E-state index is 10.8. The maximum Gasteiger partial charge on any atom is 1.00 e. The van der Waals surface area contributed by atoms with Crippen LogP contribution in [0.1, 0.15) is 6.42 Å². The Morgan fingerprint density at radius 3 is 2.45 bits per heavy atom. The number of carboxylic acids is 2. The topological polar surface area (TPSA) is 93.2 Å². The van der Waals surface area contributed by atoms with Gasteiger partial charge in [-0.15, -0.1) is 11.3 Å². The third kappa shape index (κ3) is 6.43. The van der Waals surface area contributed by atoms with Crippen molar-refractivity contribution in [2.24, 2.45) is 0 Å². The zero-order valence-electron chi connectivity index (χ0n) is 11.0. The van der Waals surface area contributed by atoms with E-state index in [4.69, 9.17) is 0 Å². The van der Waals surface area contributed by atoms with Gasteiger partial charge in [0.2, 0.25) is 0 Å². The van der Waals surface area contributed by atoms with Gasteiger partial charge < -0.3 is 19.8 Å². The van der Waals surface area contributed by atoms with Crippen molar-refractivity contribution in [2.45, 2.75) is 16.0 Å². The number of fused-ring (bicyclic) bond motifs is 1. The van der Waals surface area contributed by atoms with Crippen LogP contribution in [0.2, 0.25) is 0 Å². The number of hydrogen-bond acceptors (Lipinski definition) is 7. The number of thioether (sulfide) groups is 1. The standard InChI is InChI=1S/C11H9NO4S2.2K/c13-9(14)5-8(10(15)16)18-11-12-6-3-1-2-4-7(6)17-11;;/h1-4,8H,5H2,(H,13,14)(H,15,16);;/q;2*+1/p-2. The van der Waals surface area contributed by atoms with Gasteiger partial charge in [-0.1, -0.05) is 23.9 Å². The fraction of sp³-hybridized carbons (Fsp3) is 0.182. The smallest absolute Gasteiger partial charge is 0.550 e. The van der Waals surface area contributed by atoms with Crippen LogP contribution in [0.25, 0.3) is 10.2 Å². The molecule has 0 fully saturated rings. The first-order chi connectivity index (χ1) is 8.56. The molecule has 0 aliphatic carbocycles. The summed E-state index contributed by atoms with van der Waals surface area (Å²) in [4.78, 5) is 25.5. The van der Waals surface area contributed by atoms with Crippen molar-refractivity contribution in [3.8, 4) is 0 Å². The first-order valence-corrected chi connectivity index (χ1v) is 6.69. The molecule has 0 radical (unpaired) electrons. The molecular weight excluding hydrogens is 352 g/mol. The van der Waals surface area contributed by atoms with Gasteiger partial charge in [0.05, 0.1) is 21.4 Å². The minimum absolute atomic E-state index is 0. The van der Waals surface area contributed by atoms with Gasteiger partial charge >= 0.3 is 103 Å². The van der Waals surface area contributed by atoms with Crippen LogP contribution in [0.15, 0.2) is 28.6 Å². The average Bonchev–Trinajstić information content (AvgIpc) is 2.69. The van der Waals surface area contributed by atoms with E-state index in [0.29, 0.717) is 4.34 Å². The number of carbonyl (C=O) groups excluding carboxylic acids is 2. The summed E-state index contributed by atoms with van der Waals surface area (Å²) in [6.07, 6.45) is -0.594. The molecule has 5 nitrogen and oxygen atoms in total. The van der Waals surface area contributed by atoms with Crippen LogP contribution < -0.4 is 113 Å². The summed E-state index contributed by atoms with van der Waals surface area (Å²) in [6, 6.07) is 7.35. The molecule has 9 heteroatoms. The molecule has 94 valence electrons. The fourth-order valence-corrected chi connectivity index (χ4v) is 3.56. The Labute approximate surface area is 208 Å². The van der Waals surface area contributed by atoms with Crippen molar-refractivity contribution in [1.82, 2.24) is 4.98 Å². The van der Waals surface area contributed by atoms with Crippen LogP contribution in [0, 0.1) is 0 Å². The van der Waals surface area contributed by atoms with E-state index in [-0.39, 0.29) is 103 Å². The monoisotopic (exact) mass is 359 g/mol. The van der Waals surface area contributed by atoms with Crippen LogP contribution in [0.5, 0.6) is 0 Å². The predicted molar refractivity (Wildman–Crippen MR) is 63.9 cm³/mol. The second kappa shape index (κ2) is 10.4. The van der Waals surface area contributed by atoms with Crippen molar-refractivity contribution in [3.63, 3.8) is 0 Å². The summed E-state index contributed by atoms with van der Waals surface area (Å²) in [5, 5.41) is 20.1. The van der Waals surface area contributed by atoms with E-state index in [1.54, 1.807) is 0 Å². The molecule has 0 aliphatic rings. The van der Waals surface area contributed by atoms with Gasteiger partial charge in [-0.05, 0) is 12.1 Å². The SMILES string of the molecule is O=C([O-])CC(Sc1nc2ccccc2s1)C(=O)[O-].[K+].[K+]. The van der Waals surface area contributed by atoms with E-state index in [2.05, 4.69) is 4.98 Å². The Hall–Kier alpha value is 1.67. The number of hydrogen-bond donors (Lipinski definition) is 0. The summed E-state index contributed by atoms with van der Waals surface area (Å²) in [5.74, 6) is -2.85. The fourth-order valence-electron chi connectivity index (χ4n) is 1.35. The Morgan fingerprint density at radius 1 is 1.25 bits per heavy atom. The molecule has 2 rings (SSSR count). The molecule has 0 bridgehead atoms. The Bertz CT molecular complexity index is 572. The number of nitrogens with zero attached hydrogens (tertiary/aromatic N) is 1. The number of rotatable bonds is 5. The Balaban J connectivity index is 0.00000180. The van der Waals surface area contributed by atoms with Crippen LogP contribution >= 0.6 is 23.1 Å². The van der Waals surface area contributed by atoms with Gasteiger partial charge in [0, 0.05) is 12.4 Å². The van der Waals surface area contributed by atoms with E-state index in [1.165, 1.54) is 11.3 Å². The molecule has 2 aromatic rings. The zero-order valence-corrected chi connectivity index (χ0v) is 18.9. The van der Waals surface area contributed by atoms with Gasteiger partial charge in [0.15, 0.2) is 4.34 Å². The average molecular weight is 360 g/mol. The normalized spacial score (nSPS) is 11.2. The molecule has 0 aliphatic heterocycles. The van der Waals surface area contributed by atoms with Crippen LogP contribution in [0.3, 0.4) is 0 Å². The Morgan fingerprint density at radius 2 is 1.90 bits per heavy atom. The molecule has 1 aromatic heterocycles. The number of benzene rings is 1. The molecule has 0 saturated heterocycles. The number of para-hydroxylation sites is 1. The summed E-state index contributed by atoms with van der Waals surface area (Å²) < 4.78 is 1.43. The van der Waals surface area contributed by atoms with Crippen molar-refractivity contribution >= 4 is 45.3 Å². The van der Waals surface area contributed by atoms with Gasteiger partial charge in [0.1, 0.15) is 0 Å². The Kier molecular flexibility index (Phi) is 11.3. The molecule has 1 atom stereocenters. The second-order valence-corrected chi connectivity index (χ2v) is 5.93. The van der Waals surface area contributed by atoms with Crippen LogP contribution in [0.4, 0.5) is 0 Å². The molecule has 1 unspecified atom stereocenters. The van der Waals surface area contributed by atoms with E-state index in [0.717, 1.165) is 22.0 Å². The molecule has 20 heavy (non-hydrogen) atoms. The molecule has 0 spiro atoms. The third-order valence-corrected chi connectivity index (χ3v) is 4.44. The maximum atomic E-state index is 10.8. The predicted octanol–water partition coefficient (Wildman–Crippen LogP) is -6.35.